The molecule has 0 spiro atoms. The van der Waals surface area contributed by atoms with E-state index in [1.54, 1.807) is 7.11 Å². The van der Waals surface area contributed by atoms with E-state index < -0.39 is 0 Å². The van der Waals surface area contributed by atoms with Crippen LogP contribution in [0.2, 0.25) is 0 Å². The van der Waals surface area contributed by atoms with Gasteiger partial charge in [-0.3, -0.25) is 4.90 Å². The number of methoxy groups -OCH3 is 1. The van der Waals surface area contributed by atoms with Crippen molar-refractivity contribution in [1.29, 1.82) is 0 Å². The lowest BCUT2D eigenvalue weighted by Gasteiger charge is -2.29. The molecule has 1 atom stereocenters. The minimum Gasteiger partial charge on any atom is -0.497 e. The Bertz CT molecular complexity index is 752. The third-order valence-corrected chi connectivity index (χ3v) is 5.62. The number of hydrogen-bond donors (Lipinski definition) is 2. The van der Waals surface area contributed by atoms with E-state index in [9.17, 15) is 0 Å². The number of nitrogens with one attached hydrogen (secondary N) is 2. The van der Waals surface area contributed by atoms with E-state index >= 15 is 0 Å². The summed E-state index contributed by atoms with van der Waals surface area (Å²) in [7, 11) is 1.70. The first-order chi connectivity index (χ1) is 13.6. The molecule has 1 aliphatic heterocycles. The number of benzene rings is 2. The predicted molar refractivity (Wildman–Crippen MR) is 121 cm³/mol. The third kappa shape index (κ3) is 5.46. The Morgan fingerprint density at radius 2 is 1.61 bits per heavy atom. The molecule has 4 nitrogen and oxygen atoms in total. The van der Waals surface area contributed by atoms with Crippen LogP contribution in [0.25, 0.3) is 0 Å². The van der Waals surface area contributed by atoms with Crippen LogP contribution in [0.4, 0.5) is 5.69 Å². The van der Waals surface area contributed by atoms with Gasteiger partial charge in [0.1, 0.15) is 5.75 Å². The summed E-state index contributed by atoms with van der Waals surface area (Å²) in [6.07, 6.45) is 2.52. The summed E-state index contributed by atoms with van der Waals surface area (Å²) in [6, 6.07) is 17.2. The fourth-order valence-corrected chi connectivity index (χ4v) is 3.85. The SMILES string of the molecule is COc1ccc([C@H](CNC(=S)Nc2ccc(C(C)C)cc2)N2CCCC2)cc1. The molecule has 0 radical (unpaired) electrons. The van der Waals surface area contributed by atoms with Gasteiger partial charge >= 0.3 is 0 Å². The molecular formula is C23H31N3OS. The first kappa shape index (κ1) is 20.6. The van der Waals surface area contributed by atoms with Crippen molar-refractivity contribution in [3.05, 3.63) is 59.7 Å². The van der Waals surface area contributed by atoms with Crippen molar-refractivity contribution in [2.75, 3.05) is 32.1 Å². The van der Waals surface area contributed by atoms with E-state index in [1.807, 2.05) is 12.1 Å². The maximum absolute atomic E-state index is 5.54. The van der Waals surface area contributed by atoms with Gasteiger partial charge in [-0.05, 0) is 79.5 Å². The molecule has 0 unspecified atom stereocenters. The Labute approximate surface area is 174 Å². The zero-order valence-corrected chi connectivity index (χ0v) is 17.9. The van der Waals surface area contributed by atoms with E-state index in [2.05, 4.69) is 65.8 Å². The number of nitrogens with zero attached hydrogens (tertiary/aromatic N) is 1. The summed E-state index contributed by atoms with van der Waals surface area (Å²) in [5, 5.41) is 7.39. The molecule has 28 heavy (non-hydrogen) atoms. The Balaban J connectivity index is 1.61. The largest absolute Gasteiger partial charge is 0.497 e. The molecule has 0 bridgehead atoms. The molecule has 1 aliphatic rings. The van der Waals surface area contributed by atoms with Gasteiger partial charge in [-0.1, -0.05) is 38.1 Å². The molecule has 1 fully saturated rings. The van der Waals surface area contributed by atoms with Crippen molar-refractivity contribution in [3.8, 4) is 5.75 Å². The molecule has 1 heterocycles. The van der Waals surface area contributed by atoms with Crippen molar-refractivity contribution in [3.63, 3.8) is 0 Å². The van der Waals surface area contributed by atoms with Crippen LogP contribution in [0.5, 0.6) is 5.75 Å². The van der Waals surface area contributed by atoms with E-state index in [1.165, 1.54) is 24.0 Å². The lowest BCUT2D eigenvalue weighted by molar-refractivity contribution is 0.246. The molecule has 1 saturated heterocycles. The van der Waals surface area contributed by atoms with Gasteiger partial charge in [0.2, 0.25) is 0 Å². The highest BCUT2D eigenvalue weighted by atomic mass is 32.1. The van der Waals surface area contributed by atoms with E-state index in [0.29, 0.717) is 17.1 Å². The maximum Gasteiger partial charge on any atom is 0.170 e. The highest BCUT2D eigenvalue weighted by Crippen LogP contribution is 2.26. The number of rotatable bonds is 7. The second-order valence-corrected chi connectivity index (χ2v) is 8.05. The molecule has 0 aliphatic carbocycles. The van der Waals surface area contributed by atoms with Gasteiger partial charge in [-0.2, -0.15) is 0 Å². The van der Waals surface area contributed by atoms with Crippen molar-refractivity contribution >= 4 is 23.0 Å². The lowest BCUT2D eigenvalue weighted by Crippen LogP contribution is -2.38. The summed E-state index contributed by atoms with van der Waals surface area (Å²) in [6.45, 7) is 7.45. The molecular weight excluding hydrogens is 366 g/mol. The summed E-state index contributed by atoms with van der Waals surface area (Å²) < 4.78 is 5.30. The average Bonchev–Trinajstić information content (AvgIpc) is 3.23. The van der Waals surface area contributed by atoms with Crippen LogP contribution in [0.1, 0.15) is 49.8 Å². The number of likely N-dealkylation sites (tertiary alicyclic amines) is 1. The number of thiocarbonyl (C=S) groups is 1. The topological polar surface area (TPSA) is 36.5 Å². The van der Waals surface area contributed by atoms with E-state index in [0.717, 1.165) is 31.1 Å². The highest BCUT2D eigenvalue weighted by molar-refractivity contribution is 7.80. The second kappa shape index (κ2) is 9.89. The van der Waals surface area contributed by atoms with Crippen LogP contribution in [-0.2, 0) is 0 Å². The molecule has 2 aromatic rings. The lowest BCUT2D eigenvalue weighted by atomic mass is 10.0. The zero-order valence-electron chi connectivity index (χ0n) is 17.1. The minimum atomic E-state index is 0.302. The van der Waals surface area contributed by atoms with Gasteiger partial charge in [0, 0.05) is 12.2 Å². The third-order valence-electron chi connectivity index (χ3n) is 5.37. The first-order valence-corrected chi connectivity index (χ1v) is 10.5. The van der Waals surface area contributed by atoms with Crippen LogP contribution in [0.3, 0.4) is 0 Å². The number of ether oxygens (including phenoxy) is 1. The summed E-state index contributed by atoms with van der Waals surface area (Å²) in [5.74, 6) is 1.42. The van der Waals surface area contributed by atoms with Crippen molar-refractivity contribution in [2.24, 2.45) is 0 Å². The highest BCUT2D eigenvalue weighted by Gasteiger charge is 2.23. The van der Waals surface area contributed by atoms with E-state index in [-0.39, 0.29) is 0 Å². The van der Waals surface area contributed by atoms with Crippen LogP contribution >= 0.6 is 12.2 Å². The molecule has 2 N–H and O–H groups in total. The maximum atomic E-state index is 5.54. The first-order valence-electron chi connectivity index (χ1n) is 10.1. The Morgan fingerprint density at radius 1 is 1.00 bits per heavy atom. The average molecular weight is 398 g/mol. The summed E-state index contributed by atoms with van der Waals surface area (Å²) in [5.41, 5.74) is 3.64. The molecule has 2 aromatic carbocycles. The second-order valence-electron chi connectivity index (χ2n) is 7.64. The Hall–Kier alpha value is -2.11. The number of hydrogen-bond acceptors (Lipinski definition) is 3. The standard InChI is InChI=1S/C23H31N3OS/c1-17(2)18-6-10-20(11-7-18)25-23(28)24-16-22(26-14-4-5-15-26)19-8-12-21(27-3)13-9-19/h6-13,17,22H,4-5,14-16H2,1-3H3,(H2,24,25,28)/t22-/m0/s1. The van der Waals surface area contributed by atoms with Gasteiger partial charge in [0.25, 0.3) is 0 Å². The van der Waals surface area contributed by atoms with Gasteiger partial charge in [0.15, 0.2) is 5.11 Å². The van der Waals surface area contributed by atoms with Gasteiger partial charge in [0.05, 0.1) is 13.2 Å². The molecule has 150 valence electrons. The van der Waals surface area contributed by atoms with Crippen LogP contribution in [0, 0.1) is 0 Å². The van der Waals surface area contributed by atoms with Gasteiger partial charge in [-0.15, -0.1) is 0 Å². The molecule has 5 heteroatoms. The molecule has 0 saturated carbocycles. The van der Waals surface area contributed by atoms with Gasteiger partial charge < -0.3 is 15.4 Å². The van der Waals surface area contributed by atoms with E-state index in [4.69, 9.17) is 17.0 Å². The summed E-state index contributed by atoms with van der Waals surface area (Å²) >= 11 is 5.54. The fourth-order valence-electron chi connectivity index (χ4n) is 3.65. The minimum absolute atomic E-state index is 0.302. The fraction of sp³-hybridized carbons (Fsp3) is 0.435. The Morgan fingerprint density at radius 3 is 2.18 bits per heavy atom. The molecule has 0 aromatic heterocycles. The Kier molecular flexibility index (Phi) is 7.29. The summed E-state index contributed by atoms with van der Waals surface area (Å²) in [4.78, 5) is 2.54. The number of anilines is 1. The van der Waals surface area contributed by atoms with Crippen LogP contribution < -0.4 is 15.4 Å². The van der Waals surface area contributed by atoms with Crippen LogP contribution in [0.15, 0.2) is 48.5 Å². The van der Waals surface area contributed by atoms with Crippen LogP contribution in [-0.4, -0.2) is 36.8 Å². The van der Waals surface area contributed by atoms with Crippen molar-refractivity contribution < 1.29 is 4.74 Å². The predicted octanol–water partition coefficient (Wildman–Crippen LogP) is 4.94. The molecule has 3 rings (SSSR count). The monoisotopic (exact) mass is 397 g/mol. The van der Waals surface area contributed by atoms with Crippen molar-refractivity contribution in [2.45, 2.75) is 38.6 Å². The molecule has 0 amide bonds. The smallest absolute Gasteiger partial charge is 0.170 e. The van der Waals surface area contributed by atoms with Gasteiger partial charge in [-0.25, -0.2) is 0 Å². The normalized spacial score (nSPS) is 15.4. The zero-order chi connectivity index (χ0) is 19.9. The quantitative estimate of drug-likeness (QED) is 0.647. The van der Waals surface area contributed by atoms with Crippen molar-refractivity contribution in [1.82, 2.24) is 10.2 Å².